The van der Waals surface area contributed by atoms with E-state index in [1.165, 1.54) is 6.07 Å². The van der Waals surface area contributed by atoms with Crippen molar-refractivity contribution in [3.05, 3.63) is 33.9 Å². The molecular formula is C14H20N4O2. The van der Waals surface area contributed by atoms with Gasteiger partial charge < -0.3 is 10.2 Å². The largest absolute Gasteiger partial charge is 0.379 e. The van der Waals surface area contributed by atoms with Gasteiger partial charge in [-0.25, -0.2) is 0 Å². The maximum atomic E-state index is 11.0. The van der Waals surface area contributed by atoms with Crippen molar-refractivity contribution in [2.24, 2.45) is 0 Å². The van der Waals surface area contributed by atoms with E-state index in [0.717, 1.165) is 26.1 Å². The monoisotopic (exact) mass is 276 g/mol. The predicted octanol–water partition coefficient (Wildman–Crippen LogP) is 2.61. The van der Waals surface area contributed by atoms with Crippen LogP contribution in [0.3, 0.4) is 0 Å². The Labute approximate surface area is 119 Å². The molecule has 0 aliphatic carbocycles. The van der Waals surface area contributed by atoms with Crippen molar-refractivity contribution in [3.63, 3.8) is 0 Å². The number of nitro groups is 1. The fourth-order valence-corrected chi connectivity index (χ4v) is 1.97. The van der Waals surface area contributed by atoms with E-state index in [2.05, 4.69) is 24.1 Å². The van der Waals surface area contributed by atoms with Crippen LogP contribution in [-0.4, -0.2) is 36.0 Å². The zero-order chi connectivity index (χ0) is 15.0. The lowest BCUT2D eigenvalue weighted by Gasteiger charge is -2.17. The molecule has 0 amide bonds. The van der Waals surface area contributed by atoms with Gasteiger partial charge in [-0.3, -0.25) is 10.1 Å². The molecule has 0 unspecified atom stereocenters. The Hall–Kier alpha value is -2.13. The summed E-state index contributed by atoms with van der Waals surface area (Å²) in [7, 11) is 0. The Balaban J connectivity index is 2.60. The second-order valence-electron chi connectivity index (χ2n) is 4.41. The number of benzene rings is 1. The van der Waals surface area contributed by atoms with Crippen LogP contribution < -0.4 is 5.32 Å². The third-order valence-corrected chi connectivity index (χ3v) is 3.18. The molecule has 108 valence electrons. The number of nitriles is 1. The maximum absolute atomic E-state index is 11.0. The molecule has 0 spiro atoms. The lowest BCUT2D eigenvalue weighted by atomic mass is 10.2. The van der Waals surface area contributed by atoms with Gasteiger partial charge in [0.25, 0.3) is 5.69 Å². The molecule has 1 rings (SSSR count). The lowest BCUT2D eigenvalue weighted by Crippen LogP contribution is -2.25. The molecule has 6 heteroatoms. The maximum Gasteiger partial charge on any atom is 0.293 e. The molecule has 0 saturated carbocycles. The molecule has 0 aromatic heterocycles. The molecule has 0 heterocycles. The van der Waals surface area contributed by atoms with Crippen molar-refractivity contribution in [1.82, 2.24) is 4.90 Å². The summed E-state index contributed by atoms with van der Waals surface area (Å²) in [6.07, 6.45) is 0.916. The first-order valence-corrected chi connectivity index (χ1v) is 6.77. The van der Waals surface area contributed by atoms with E-state index in [0.29, 0.717) is 17.8 Å². The highest BCUT2D eigenvalue weighted by Gasteiger charge is 2.14. The molecule has 0 fully saturated rings. The van der Waals surface area contributed by atoms with Crippen LogP contribution >= 0.6 is 0 Å². The van der Waals surface area contributed by atoms with Crippen LogP contribution in [0.1, 0.15) is 25.8 Å². The summed E-state index contributed by atoms with van der Waals surface area (Å²) in [6, 6.07) is 6.38. The fourth-order valence-electron chi connectivity index (χ4n) is 1.97. The third kappa shape index (κ3) is 4.52. The van der Waals surface area contributed by atoms with Crippen LogP contribution in [0.15, 0.2) is 18.2 Å². The van der Waals surface area contributed by atoms with Crippen LogP contribution in [0, 0.1) is 21.4 Å². The molecule has 1 N–H and O–H groups in total. The minimum Gasteiger partial charge on any atom is -0.379 e. The molecule has 1 aromatic rings. The topological polar surface area (TPSA) is 82.2 Å². The third-order valence-electron chi connectivity index (χ3n) is 3.18. The Morgan fingerprint density at radius 1 is 1.40 bits per heavy atom. The Kier molecular flexibility index (Phi) is 6.47. The zero-order valence-electron chi connectivity index (χ0n) is 11.9. The summed E-state index contributed by atoms with van der Waals surface area (Å²) in [5.74, 6) is 0. The van der Waals surface area contributed by atoms with E-state index in [1.54, 1.807) is 12.1 Å². The number of hydrogen-bond acceptors (Lipinski definition) is 5. The van der Waals surface area contributed by atoms with E-state index in [-0.39, 0.29) is 5.69 Å². The van der Waals surface area contributed by atoms with E-state index in [1.807, 2.05) is 6.07 Å². The second kappa shape index (κ2) is 8.12. The summed E-state index contributed by atoms with van der Waals surface area (Å²) in [6.45, 7) is 7.87. The van der Waals surface area contributed by atoms with Gasteiger partial charge in [0.15, 0.2) is 0 Å². The summed E-state index contributed by atoms with van der Waals surface area (Å²) >= 11 is 0. The van der Waals surface area contributed by atoms with E-state index in [9.17, 15) is 10.1 Å². The van der Waals surface area contributed by atoms with Crippen LogP contribution in [-0.2, 0) is 0 Å². The van der Waals surface area contributed by atoms with Gasteiger partial charge in [-0.05, 0) is 38.2 Å². The number of hydrogen-bond donors (Lipinski definition) is 1. The van der Waals surface area contributed by atoms with Gasteiger partial charge >= 0.3 is 0 Å². The van der Waals surface area contributed by atoms with Gasteiger partial charge in [0.05, 0.1) is 16.6 Å². The number of nitrogens with one attached hydrogen (secondary N) is 1. The highest BCUT2D eigenvalue weighted by molar-refractivity contribution is 5.63. The molecular weight excluding hydrogens is 256 g/mol. The highest BCUT2D eigenvalue weighted by atomic mass is 16.6. The number of anilines is 1. The van der Waals surface area contributed by atoms with Gasteiger partial charge in [-0.2, -0.15) is 5.26 Å². The molecule has 0 atom stereocenters. The smallest absolute Gasteiger partial charge is 0.293 e. The molecule has 0 aliphatic heterocycles. The summed E-state index contributed by atoms with van der Waals surface area (Å²) in [4.78, 5) is 12.8. The minimum atomic E-state index is -0.465. The summed E-state index contributed by atoms with van der Waals surface area (Å²) < 4.78 is 0. The highest BCUT2D eigenvalue weighted by Crippen LogP contribution is 2.25. The lowest BCUT2D eigenvalue weighted by molar-refractivity contribution is -0.384. The average molecular weight is 276 g/mol. The molecule has 20 heavy (non-hydrogen) atoms. The van der Waals surface area contributed by atoms with Crippen molar-refractivity contribution in [2.75, 3.05) is 31.5 Å². The number of nitrogens with zero attached hydrogens (tertiary/aromatic N) is 3. The molecule has 0 radical (unpaired) electrons. The first-order valence-electron chi connectivity index (χ1n) is 6.77. The van der Waals surface area contributed by atoms with Gasteiger partial charge in [0.2, 0.25) is 0 Å². The SMILES string of the molecule is CCN(CC)CCCNc1ccc(C#N)cc1[N+](=O)[O-]. The van der Waals surface area contributed by atoms with Crippen LogP contribution in [0.2, 0.25) is 0 Å². The first-order chi connectivity index (χ1) is 9.62. The Morgan fingerprint density at radius 2 is 2.10 bits per heavy atom. The molecule has 1 aromatic carbocycles. The number of rotatable bonds is 8. The minimum absolute atomic E-state index is 0.0492. The van der Waals surface area contributed by atoms with Crippen molar-refractivity contribution in [2.45, 2.75) is 20.3 Å². The van der Waals surface area contributed by atoms with Crippen LogP contribution in [0.5, 0.6) is 0 Å². The molecule has 0 saturated heterocycles. The van der Waals surface area contributed by atoms with Gasteiger partial charge in [0.1, 0.15) is 5.69 Å². The Morgan fingerprint density at radius 3 is 2.65 bits per heavy atom. The zero-order valence-corrected chi connectivity index (χ0v) is 11.9. The van der Waals surface area contributed by atoms with Gasteiger partial charge in [0, 0.05) is 12.6 Å². The van der Waals surface area contributed by atoms with Crippen molar-refractivity contribution < 1.29 is 4.92 Å². The van der Waals surface area contributed by atoms with E-state index in [4.69, 9.17) is 5.26 Å². The standard InChI is InChI=1S/C14H20N4O2/c1-3-17(4-2)9-5-8-16-13-7-6-12(11-15)10-14(13)18(19)20/h6-7,10,16H,3-5,8-9H2,1-2H3. The number of nitro benzene ring substituents is 1. The van der Waals surface area contributed by atoms with Gasteiger partial charge in [-0.1, -0.05) is 13.8 Å². The second-order valence-corrected chi connectivity index (χ2v) is 4.41. The quantitative estimate of drug-likeness (QED) is 0.448. The molecule has 0 bridgehead atoms. The van der Waals surface area contributed by atoms with Crippen molar-refractivity contribution in [3.8, 4) is 6.07 Å². The van der Waals surface area contributed by atoms with Crippen LogP contribution in [0.4, 0.5) is 11.4 Å². The van der Waals surface area contributed by atoms with Crippen LogP contribution in [0.25, 0.3) is 0 Å². The normalized spacial score (nSPS) is 10.3. The summed E-state index contributed by atoms with van der Waals surface area (Å²) in [5, 5.41) is 22.8. The predicted molar refractivity (Wildman–Crippen MR) is 78.7 cm³/mol. The first kappa shape index (κ1) is 15.9. The molecule has 6 nitrogen and oxygen atoms in total. The average Bonchev–Trinajstić information content (AvgIpc) is 2.47. The van der Waals surface area contributed by atoms with Crippen molar-refractivity contribution >= 4 is 11.4 Å². The van der Waals surface area contributed by atoms with E-state index >= 15 is 0 Å². The molecule has 0 aliphatic rings. The van der Waals surface area contributed by atoms with Gasteiger partial charge in [-0.15, -0.1) is 0 Å². The van der Waals surface area contributed by atoms with Crippen molar-refractivity contribution in [1.29, 1.82) is 5.26 Å². The van der Waals surface area contributed by atoms with E-state index < -0.39 is 4.92 Å². The fraction of sp³-hybridized carbons (Fsp3) is 0.500. The summed E-state index contributed by atoms with van der Waals surface area (Å²) in [5.41, 5.74) is 0.714. The Bertz CT molecular complexity index is 492.